The first-order valence-electron chi connectivity index (χ1n) is 7.92. The summed E-state index contributed by atoms with van der Waals surface area (Å²) in [7, 11) is 0. The van der Waals surface area contributed by atoms with Gasteiger partial charge in [0.2, 0.25) is 5.91 Å². The maximum Gasteiger partial charge on any atom is 0.255 e. The Labute approximate surface area is 136 Å². The highest BCUT2D eigenvalue weighted by Crippen LogP contribution is 2.17. The Morgan fingerprint density at radius 1 is 0.913 bits per heavy atom. The molecule has 0 fully saturated rings. The highest BCUT2D eigenvalue weighted by Gasteiger charge is 2.07. The van der Waals surface area contributed by atoms with Gasteiger partial charge in [0.15, 0.2) is 0 Å². The molecule has 2 rings (SSSR count). The van der Waals surface area contributed by atoms with E-state index in [1.165, 1.54) is 5.56 Å². The molecular formula is C19H22N2O2. The molecular weight excluding hydrogens is 288 g/mol. The smallest absolute Gasteiger partial charge is 0.255 e. The zero-order chi connectivity index (χ0) is 16.7. The van der Waals surface area contributed by atoms with Crippen LogP contribution in [0, 0.1) is 0 Å². The molecule has 4 nitrogen and oxygen atoms in total. The van der Waals surface area contributed by atoms with Crippen LogP contribution in [0.4, 0.5) is 11.4 Å². The Balaban J connectivity index is 2.04. The van der Waals surface area contributed by atoms with E-state index in [2.05, 4.69) is 17.6 Å². The van der Waals surface area contributed by atoms with Crippen molar-refractivity contribution in [3.63, 3.8) is 0 Å². The molecule has 23 heavy (non-hydrogen) atoms. The summed E-state index contributed by atoms with van der Waals surface area (Å²) >= 11 is 0. The van der Waals surface area contributed by atoms with Crippen LogP contribution in [0.15, 0.2) is 48.5 Å². The van der Waals surface area contributed by atoms with Gasteiger partial charge in [-0.25, -0.2) is 0 Å². The van der Waals surface area contributed by atoms with Gasteiger partial charge in [0.05, 0.1) is 0 Å². The van der Waals surface area contributed by atoms with Crippen molar-refractivity contribution in [2.45, 2.75) is 33.1 Å². The van der Waals surface area contributed by atoms with Crippen molar-refractivity contribution in [2.24, 2.45) is 0 Å². The highest BCUT2D eigenvalue weighted by molar-refractivity contribution is 6.04. The SMILES string of the molecule is CCCC(=O)Nc1cccc(NC(=O)c2ccc(CC)cc2)c1. The van der Waals surface area contributed by atoms with Gasteiger partial charge in [0.1, 0.15) is 0 Å². The topological polar surface area (TPSA) is 58.2 Å². The second-order valence-electron chi connectivity index (χ2n) is 5.38. The van der Waals surface area contributed by atoms with Crippen LogP contribution < -0.4 is 10.6 Å². The Bertz CT molecular complexity index is 678. The van der Waals surface area contributed by atoms with Gasteiger partial charge in [-0.05, 0) is 48.7 Å². The first kappa shape index (κ1) is 16.7. The molecule has 0 aliphatic carbocycles. The predicted octanol–water partition coefficient (Wildman–Crippen LogP) is 4.24. The maximum atomic E-state index is 12.3. The fourth-order valence-corrected chi connectivity index (χ4v) is 2.22. The third-order valence-corrected chi connectivity index (χ3v) is 3.51. The van der Waals surface area contributed by atoms with Gasteiger partial charge in [-0.15, -0.1) is 0 Å². The lowest BCUT2D eigenvalue weighted by molar-refractivity contribution is -0.116. The molecule has 2 N–H and O–H groups in total. The fourth-order valence-electron chi connectivity index (χ4n) is 2.22. The summed E-state index contributed by atoms with van der Waals surface area (Å²) in [4.78, 5) is 23.9. The van der Waals surface area contributed by atoms with Gasteiger partial charge in [-0.3, -0.25) is 9.59 Å². The molecule has 0 bridgehead atoms. The lowest BCUT2D eigenvalue weighted by atomic mass is 10.1. The lowest BCUT2D eigenvalue weighted by Crippen LogP contribution is -2.13. The zero-order valence-corrected chi connectivity index (χ0v) is 13.6. The number of hydrogen-bond acceptors (Lipinski definition) is 2. The predicted molar refractivity (Wildman–Crippen MR) is 93.8 cm³/mol. The summed E-state index contributed by atoms with van der Waals surface area (Å²) in [5.41, 5.74) is 3.15. The summed E-state index contributed by atoms with van der Waals surface area (Å²) in [6, 6.07) is 14.7. The van der Waals surface area contributed by atoms with E-state index in [9.17, 15) is 9.59 Å². The van der Waals surface area contributed by atoms with Crippen molar-refractivity contribution in [1.82, 2.24) is 0 Å². The fraction of sp³-hybridized carbons (Fsp3) is 0.263. The molecule has 0 spiro atoms. The highest BCUT2D eigenvalue weighted by atomic mass is 16.2. The van der Waals surface area contributed by atoms with E-state index in [1.807, 2.05) is 31.2 Å². The average molecular weight is 310 g/mol. The molecule has 0 saturated carbocycles. The molecule has 120 valence electrons. The Morgan fingerprint density at radius 2 is 1.57 bits per heavy atom. The third-order valence-electron chi connectivity index (χ3n) is 3.51. The lowest BCUT2D eigenvalue weighted by Gasteiger charge is -2.09. The number of benzene rings is 2. The number of hydrogen-bond donors (Lipinski definition) is 2. The summed E-state index contributed by atoms with van der Waals surface area (Å²) in [5.74, 6) is -0.184. The van der Waals surface area contributed by atoms with E-state index < -0.39 is 0 Å². The van der Waals surface area contributed by atoms with Gasteiger partial charge in [-0.2, -0.15) is 0 Å². The van der Waals surface area contributed by atoms with E-state index in [0.717, 1.165) is 12.8 Å². The molecule has 2 amide bonds. The zero-order valence-electron chi connectivity index (χ0n) is 13.6. The number of nitrogens with one attached hydrogen (secondary N) is 2. The van der Waals surface area contributed by atoms with Crippen molar-refractivity contribution in [1.29, 1.82) is 0 Å². The van der Waals surface area contributed by atoms with Crippen LogP contribution in [0.3, 0.4) is 0 Å². The number of aryl methyl sites for hydroxylation is 1. The first-order valence-corrected chi connectivity index (χ1v) is 7.92. The number of amides is 2. The molecule has 4 heteroatoms. The van der Waals surface area contributed by atoms with E-state index in [-0.39, 0.29) is 11.8 Å². The maximum absolute atomic E-state index is 12.3. The summed E-state index contributed by atoms with van der Waals surface area (Å²) in [6.07, 6.45) is 2.23. The van der Waals surface area contributed by atoms with Gasteiger partial charge in [-0.1, -0.05) is 32.0 Å². The van der Waals surface area contributed by atoms with E-state index in [0.29, 0.717) is 23.4 Å². The Kier molecular flexibility index (Phi) is 5.92. The van der Waals surface area contributed by atoms with Gasteiger partial charge in [0, 0.05) is 23.4 Å². The quantitative estimate of drug-likeness (QED) is 0.838. The van der Waals surface area contributed by atoms with Crippen LogP contribution in [0.2, 0.25) is 0 Å². The first-order chi connectivity index (χ1) is 11.1. The van der Waals surface area contributed by atoms with Gasteiger partial charge >= 0.3 is 0 Å². The minimum Gasteiger partial charge on any atom is -0.326 e. The van der Waals surface area contributed by atoms with Crippen molar-refractivity contribution < 1.29 is 9.59 Å². The minimum atomic E-state index is -0.162. The molecule has 2 aromatic rings. The number of carbonyl (C=O) groups is 2. The second-order valence-corrected chi connectivity index (χ2v) is 5.38. The van der Waals surface area contributed by atoms with E-state index in [1.54, 1.807) is 24.3 Å². The van der Waals surface area contributed by atoms with Crippen LogP contribution in [-0.2, 0) is 11.2 Å². The number of anilines is 2. The molecule has 0 saturated heterocycles. The van der Waals surface area contributed by atoms with Gasteiger partial charge in [0.25, 0.3) is 5.91 Å². The minimum absolute atomic E-state index is 0.0221. The monoisotopic (exact) mass is 310 g/mol. The average Bonchev–Trinajstić information content (AvgIpc) is 2.55. The number of rotatable bonds is 6. The third kappa shape index (κ3) is 4.95. The van der Waals surface area contributed by atoms with Crippen LogP contribution in [0.25, 0.3) is 0 Å². The van der Waals surface area contributed by atoms with E-state index >= 15 is 0 Å². The summed E-state index contributed by atoms with van der Waals surface area (Å²) in [5, 5.41) is 5.67. The molecule has 0 radical (unpaired) electrons. The molecule has 0 unspecified atom stereocenters. The van der Waals surface area contributed by atoms with Crippen LogP contribution >= 0.6 is 0 Å². The van der Waals surface area contributed by atoms with E-state index in [4.69, 9.17) is 0 Å². The van der Waals surface area contributed by atoms with Crippen molar-refractivity contribution in [3.8, 4) is 0 Å². The Morgan fingerprint density at radius 3 is 2.17 bits per heavy atom. The molecule has 2 aromatic carbocycles. The van der Waals surface area contributed by atoms with Crippen LogP contribution in [-0.4, -0.2) is 11.8 Å². The molecule has 0 aliphatic heterocycles. The Hall–Kier alpha value is -2.62. The molecule has 0 heterocycles. The molecule has 0 atom stereocenters. The largest absolute Gasteiger partial charge is 0.326 e. The van der Waals surface area contributed by atoms with Crippen molar-refractivity contribution >= 4 is 23.2 Å². The molecule has 0 aromatic heterocycles. The van der Waals surface area contributed by atoms with Crippen molar-refractivity contribution in [3.05, 3.63) is 59.7 Å². The summed E-state index contributed by atoms with van der Waals surface area (Å²) < 4.78 is 0. The molecule has 0 aliphatic rings. The number of carbonyl (C=O) groups excluding carboxylic acids is 2. The van der Waals surface area contributed by atoms with Gasteiger partial charge < -0.3 is 10.6 Å². The normalized spacial score (nSPS) is 10.2. The standard InChI is InChI=1S/C19H22N2O2/c1-3-6-18(22)20-16-7-5-8-17(13-16)21-19(23)15-11-9-14(4-2)10-12-15/h5,7-13H,3-4,6H2,1-2H3,(H,20,22)(H,21,23). The van der Waals surface area contributed by atoms with Crippen LogP contribution in [0.1, 0.15) is 42.6 Å². The second kappa shape index (κ2) is 8.13. The summed E-state index contributed by atoms with van der Waals surface area (Å²) in [6.45, 7) is 4.04. The van der Waals surface area contributed by atoms with Crippen LogP contribution in [0.5, 0.6) is 0 Å². The van der Waals surface area contributed by atoms with Crippen molar-refractivity contribution in [2.75, 3.05) is 10.6 Å².